The van der Waals surface area contributed by atoms with Crippen molar-refractivity contribution in [2.24, 2.45) is 11.8 Å². The lowest BCUT2D eigenvalue weighted by Gasteiger charge is -2.33. The second-order valence-corrected chi connectivity index (χ2v) is 13.3. The summed E-state index contributed by atoms with van der Waals surface area (Å²) in [5.74, 6) is -0.923. The number of hydrogen-bond acceptors (Lipinski definition) is 9. The lowest BCUT2D eigenvalue weighted by Crippen LogP contribution is -2.59. The molecule has 0 saturated carbocycles. The molecule has 0 spiro atoms. The molecule has 4 atom stereocenters. The van der Waals surface area contributed by atoms with Crippen LogP contribution >= 0.6 is 0 Å². The molecule has 0 radical (unpaired) electrons. The van der Waals surface area contributed by atoms with Crippen LogP contribution in [0.5, 0.6) is 5.75 Å². The van der Waals surface area contributed by atoms with E-state index in [1.165, 1.54) is 0 Å². The highest BCUT2D eigenvalue weighted by Crippen LogP contribution is 2.17. The summed E-state index contributed by atoms with van der Waals surface area (Å²) in [5.41, 5.74) is 5.57. The lowest BCUT2D eigenvalue weighted by atomic mass is 9.98. The zero-order chi connectivity index (χ0) is 38.8. The van der Waals surface area contributed by atoms with E-state index in [-0.39, 0.29) is 44.6 Å². The average Bonchev–Trinajstić information content (AvgIpc) is 3.13. The summed E-state index contributed by atoms with van der Waals surface area (Å²) >= 11 is 0. The van der Waals surface area contributed by atoms with E-state index in [0.717, 1.165) is 16.7 Å². The van der Waals surface area contributed by atoms with Crippen molar-refractivity contribution in [3.8, 4) is 5.75 Å². The van der Waals surface area contributed by atoms with E-state index in [2.05, 4.69) is 21.4 Å². The third-order valence-corrected chi connectivity index (χ3v) is 8.31. The highest BCUT2D eigenvalue weighted by atomic mass is 16.6. The third kappa shape index (κ3) is 14.8. The largest absolute Gasteiger partial charge is 0.489 e. The van der Waals surface area contributed by atoms with Gasteiger partial charge in [0.1, 0.15) is 24.4 Å². The minimum Gasteiger partial charge on any atom is -0.489 e. The SMILES string of the molecule is CCOC(=O)N[C@H](C(=O)NC(Cc1ccccc1)C(O)CN(Cc1ccc(OCc2ccccc2)cc1)NC(=O)[C@@H](NC(=O)OCC)C(C)C)C(C)C. The van der Waals surface area contributed by atoms with Gasteiger partial charge in [0.05, 0.1) is 25.4 Å². The van der Waals surface area contributed by atoms with Crippen LogP contribution in [0, 0.1) is 11.8 Å². The Morgan fingerprint density at radius 2 is 1.17 bits per heavy atom. The lowest BCUT2D eigenvalue weighted by molar-refractivity contribution is -0.131. The molecule has 3 aromatic rings. The van der Waals surface area contributed by atoms with Crippen molar-refractivity contribution in [1.29, 1.82) is 0 Å². The molecule has 5 N–H and O–H groups in total. The van der Waals surface area contributed by atoms with E-state index < -0.39 is 48.2 Å². The van der Waals surface area contributed by atoms with Crippen LogP contribution in [0.25, 0.3) is 0 Å². The molecule has 13 nitrogen and oxygen atoms in total. The molecule has 0 aliphatic heterocycles. The van der Waals surface area contributed by atoms with Gasteiger partial charge in [0.2, 0.25) is 5.91 Å². The fourth-order valence-electron chi connectivity index (χ4n) is 5.47. The molecule has 3 rings (SSSR count). The molecule has 288 valence electrons. The Bertz CT molecular complexity index is 1560. The number of aliphatic hydroxyl groups is 1. The van der Waals surface area contributed by atoms with Crippen LogP contribution in [0.15, 0.2) is 84.9 Å². The molecule has 0 bridgehead atoms. The molecule has 0 fully saturated rings. The second kappa shape index (κ2) is 22.0. The van der Waals surface area contributed by atoms with E-state index in [1.807, 2.05) is 84.9 Å². The minimum atomic E-state index is -1.21. The smallest absolute Gasteiger partial charge is 0.407 e. The van der Waals surface area contributed by atoms with Crippen LogP contribution in [-0.2, 0) is 38.6 Å². The number of nitrogens with one attached hydrogen (secondary N) is 4. The molecule has 3 aromatic carbocycles. The van der Waals surface area contributed by atoms with Crippen molar-refractivity contribution in [2.75, 3.05) is 19.8 Å². The summed E-state index contributed by atoms with van der Waals surface area (Å²) in [5, 5.41) is 21.6. The van der Waals surface area contributed by atoms with Crippen LogP contribution in [-0.4, -0.2) is 78.1 Å². The Morgan fingerprint density at radius 3 is 1.68 bits per heavy atom. The number of benzene rings is 3. The second-order valence-electron chi connectivity index (χ2n) is 13.3. The molecule has 53 heavy (non-hydrogen) atoms. The average molecular weight is 734 g/mol. The van der Waals surface area contributed by atoms with E-state index in [4.69, 9.17) is 14.2 Å². The van der Waals surface area contributed by atoms with Crippen LogP contribution in [0.4, 0.5) is 9.59 Å². The Hall–Kier alpha value is -5.14. The van der Waals surface area contributed by atoms with Crippen molar-refractivity contribution < 1.29 is 38.5 Å². The first-order valence-electron chi connectivity index (χ1n) is 18.1. The molecule has 2 unspecified atom stereocenters. The third-order valence-electron chi connectivity index (χ3n) is 8.31. The van der Waals surface area contributed by atoms with Gasteiger partial charge in [0.15, 0.2) is 0 Å². The van der Waals surface area contributed by atoms with Gasteiger partial charge in [0, 0.05) is 13.1 Å². The predicted molar refractivity (Wildman–Crippen MR) is 201 cm³/mol. The van der Waals surface area contributed by atoms with Crippen molar-refractivity contribution in [3.63, 3.8) is 0 Å². The van der Waals surface area contributed by atoms with Crippen LogP contribution in [0.1, 0.15) is 58.2 Å². The molecule has 0 aliphatic carbocycles. The summed E-state index contributed by atoms with van der Waals surface area (Å²) in [6, 6.07) is 23.8. The first kappa shape index (κ1) is 42.3. The summed E-state index contributed by atoms with van der Waals surface area (Å²) in [6.45, 7) is 11.3. The molecule has 4 amide bonds. The molecule has 0 aromatic heterocycles. The summed E-state index contributed by atoms with van der Waals surface area (Å²) < 4.78 is 16.0. The van der Waals surface area contributed by atoms with Crippen LogP contribution in [0.3, 0.4) is 0 Å². The number of amides is 4. The van der Waals surface area contributed by atoms with Gasteiger partial charge in [0.25, 0.3) is 5.91 Å². The highest BCUT2D eigenvalue weighted by molar-refractivity contribution is 5.86. The van der Waals surface area contributed by atoms with Crippen molar-refractivity contribution in [1.82, 2.24) is 26.4 Å². The maximum Gasteiger partial charge on any atom is 0.407 e. The normalized spacial score (nSPS) is 13.4. The zero-order valence-electron chi connectivity index (χ0n) is 31.5. The maximum atomic E-state index is 13.7. The number of carbonyl (C=O) groups is 4. The monoisotopic (exact) mass is 733 g/mol. The number of rotatable bonds is 20. The molecular formula is C40H55N5O8. The summed E-state index contributed by atoms with van der Waals surface area (Å²) in [4.78, 5) is 51.9. The number of nitrogens with zero attached hydrogens (tertiary/aromatic N) is 1. The number of ether oxygens (including phenoxy) is 3. The number of alkyl carbamates (subject to hydrolysis) is 2. The van der Waals surface area contributed by atoms with E-state index in [1.54, 1.807) is 46.6 Å². The molecule has 0 heterocycles. The fourth-order valence-corrected chi connectivity index (χ4v) is 5.47. The van der Waals surface area contributed by atoms with Crippen LogP contribution in [0.2, 0.25) is 0 Å². The summed E-state index contributed by atoms with van der Waals surface area (Å²) in [6.07, 6.45) is -2.39. The zero-order valence-corrected chi connectivity index (χ0v) is 31.5. The minimum absolute atomic E-state index is 0.113. The number of hydrazine groups is 1. The first-order chi connectivity index (χ1) is 25.4. The van der Waals surface area contributed by atoms with Gasteiger partial charge in [-0.3, -0.25) is 15.0 Å². The van der Waals surface area contributed by atoms with Crippen molar-refractivity contribution in [2.45, 2.75) is 85.3 Å². The van der Waals surface area contributed by atoms with E-state index in [9.17, 15) is 24.3 Å². The van der Waals surface area contributed by atoms with Crippen molar-refractivity contribution in [3.05, 3.63) is 102 Å². The first-order valence-corrected chi connectivity index (χ1v) is 18.1. The topological polar surface area (TPSA) is 168 Å². The van der Waals surface area contributed by atoms with Gasteiger partial charge in [-0.05, 0) is 60.9 Å². The molecule has 0 saturated heterocycles. The molecule has 13 heteroatoms. The van der Waals surface area contributed by atoms with Gasteiger partial charge in [-0.25, -0.2) is 14.6 Å². The van der Waals surface area contributed by atoms with Gasteiger partial charge in [-0.1, -0.05) is 100 Å². The number of hydrogen-bond donors (Lipinski definition) is 5. The van der Waals surface area contributed by atoms with E-state index in [0.29, 0.717) is 12.4 Å². The number of aliphatic hydroxyl groups excluding tert-OH is 1. The Kier molecular flexibility index (Phi) is 17.6. The standard InChI is InChI=1S/C40H55N5O8/c1-7-51-39(49)42-35(27(3)4)37(47)41-33(23-29-15-11-9-12-16-29)34(46)25-45(44-38(48)36(28(5)6)43-40(50)52-8-2)24-30-19-21-32(22-20-30)53-26-31-17-13-10-14-18-31/h9-22,27-28,33-36,46H,7-8,23-26H2,1-6H3,(H,41,47)(H,42,49)(H,43,50)(H,44,48)/t33?,34?,35-,36-/m0/s1. The maximum absolute atomic E-state index is 13.7. The Balaban J connectivity index is 1.87. The molecular weight excluding hydrogens is 678 g/mol. The summed E-state index contributed by atoms with van der Waals surface area (Å²) in [7, 11) is 0. The predicted octanol–water partition coefficient (Wildman–Crippen LogP) is 4.73. The Labute approximate surface area is 312 Å². The number of carbonyl (C=O) groups excluding carboxylic acids is 4. The van der Waals surface area contributed by atoms with Crippen molar-refractivity contribution >= 4 is 24.0 Å². The quantitative estimate of drug-likeness (QED) is 0.103. The Morgan fingerprint density at radius 1 is 0.660 bits per heavy atom. The van der Waals surface area contributed by atoms with Gasteiger partial charge < -0.3 is 35.3 Å². The van der Waals surface area contributed by atoms with E-state index >= 15 is 0 Å². The van der Waals surface area contributed by atoms with Gasteiger partial charge >= 0.3 is 12.2 Å². The highest BCUT2D eigenvalue weighted by Gasteiger charge is 2.32. The van der Waals surface area contributed by atoms with Gasteiger partial charge in [-0.15, -0.1) is 0 Å². The molecule has 0 aliphatic rings. The van der Waals surface area contributed by atoms with Crippen LogP contribution < -0.4 is 26.1 Å². The fraction of sp³-hybridized carbons (Fsp3) is 0.450. The van der Waals surface area contributed by atoms with Gasteiger partial charge in [-0.2, -0.15) is 0 Å².